The van der Waals surface area contributed by atoms with Crippen LogP contribution in [0.1, 0.15) is 83.8 Å². The fourth-order valence-electron chi connectivity index (χ4n) is 7.15. The Morgan fingerprint density at radius 1 is 0.927 bits per heavy atom. The maximum Gasteiger partial charge on any atom is 0.303 e. The van der Waals surface area contributed by atoms with Crippen LogP contribution < -0.4 is 9.80 Å². The van der Waals surface area contributed by atoms with Crippen molar-refractivity contribution >= 4 is 17.3 Å². The van der Waals surface area contributed by atoms with Crippen LogP contribution in [-0.2, 0) is 15.6 Å². The van der Waals surface area contributed by atoms with Gasteiger partial charge in [-0.05, 0) is 72.6 Å². The lowest BCUT2D eigenvalue weighted by Crippen LogP contribution is -2.40. The van der Waals surface area contributed by atoms with Crippen molar-refractivity contribution in [3.8, 4) is 0 Å². The highest BCUT2D eigenvalue weighted by atomic mass is 16.4. The first-order chi connectivity index (χ1) is 19.6. The number of rotatable bonds is 9. The molecule has 4 nitrogen and oxygen atoms in total. The number of hydrogen-bond acceptors (Lipinski definition) is 3. The molecule has 2 aromatic rings. The summed E-state index contributed by atoms with van der Waals surface area (Å²) in [4.78, 5) is 15.8. The number of fused-ring (bicyclic) bond motifs is 2. The van der Waals surface area contributed by atoms with Crippen LogP contribution in [0.15, 0.2) is 95.8 Å². The summed E-state index contributed by atoms with van der Waals surface area (Å²) in [6.07, 6.45) is 18.2. The molecular weight excluding hydrogens is 504 g/mol. The molecule has 0 saturated carbocycles. The number of benzene rings is 2. The molecule has 2 aliphatic heterocycles. The molecule has 216 valence electrons. The van der Waals surface area contributed by atoms with E-state index in [-0.39, 0.29) is 23.3 Å². The highest BCUT2D eigenvalue weighted by Crippen LogP contribution is 2.47. The Labute approximate surface area is 246 Å². The van der Waals surface area contributed by atoms with Crippen molar-refractivity contribution in [3.63, 3.8) is 0 Å². The number of allylic oxidation sites excluding steroid dienone is 7. The van der Waals surface area contributed by atoms with E-state index in [1.807, 2.05) is 0 Å². The number of nitrogens with zero attached hydrogens (tertiary/aromatic N) is 2. The lowest BCUT2D eigenvalue weighted by atomic mass is 9.80. The molecule has 2 heterocycles. The third-order valence-corrected chi connectivity index (χ3v) is 9.46. The summed E-state index contributed by atoms with van der Waals surface area (Å²) >= 11 is 0. The Hall–Kier alpha value is -3.53. The van der Waals surface area contributed by atoms with Crippen LogP contribution >= 0.6 is 0 Å². The predicted octanol–water partition coefficient (Wildman–Crippen LogP) is 8.70. The minimum absolute atomic E-state index is 0.000117. The zero-order valence-electron chi connectivity index (χ0n) is 25.5. The molecule has 2 aromatic carbocycles. The van der Waals surface area contributed by atoms with Gasteiger partial charge in [-0.2, -0.15) is 0 Å². The van der Waals surface area contributed by atoms with E-state index >= 15 is 0 Å². The van der Waals surface area contributed by atoms with E-state index in [2.05, 4.69) is 123 Å². The minimum atomic E-state index is -0.701. The Bertz CT molecular complexity index is 1410. The quantitative estimate of drug-likeness (QED) is 0.317. The Morgan fingerprint density at radius 2 is 1.63 bits per heavy atom. The van der Waals surface area contributed by atoms with Crippen LogP contribution in [0.5, 0.6) is 0 Å². The predicted molar refractivity (Wildman–Crippen MR) is 172 cm³/mol. The van der Waals surface area contributed by atoms with Crippen molar-refractivity contribution in [1.82, 2.24) is 0 Å². The molecule has 41 heavy (non-hydrogen) atoms. The van der Waals surface area contributed by atoms with E-state index in [1.165, 1.54) is 45.8 Å². The standard InChI is InChI=1S/C37H46N2O2/c1-36(2)29-16-8-10-18-31(29)38(5)33(36)23-21-27-14-13-15-28(26-27)22-24-34-37(3,4)30-17-9-11-19-32(30)39(34)25-12-6-7-20-35(40)41/h8-11,16-19,21-24,26,34H,6-7,12-15,20,25H2,1-5H3,(H,40,41). The van der Waals surface area contributed by atoms with Gasteiger partial charge in [0.25, 0.3) is 0 Å². The molecule has 0 amide bonds. The molecule has 3 aliphatic rings. The highest BCUT2D eigenvalue weighted by Gasteiger charge is 2.42. The molecule has 1 atom stereocenters. The van der Waals surface area contributed by atoms with Crippen LogP contribution in [0.4, 0.5) is 11.4 Å². The average Bonchev–Trinajstić information content (AvgIpc) is 3.28. The van der Waals surface area contributed by atoms with Crippen molar-refractivity contribution in [1.29, 1.82) is 0 Å². The van der Waals surface area contributed by atoms with Gasteiger partial charge in [-0.3, -0.25) is 4.79 Å². The second-order valence-electron chi connectivity index (χ2n) is 13.0. The van der Waals surface area contributed by atoms with Gasteiger partial charge in [0.05, 0.1) is 6.04 Å². The van der Waals surface area contributed by atoms with Crippen molar-refractivity contribution < 1.29 is 9.90 Å². The third kappa shape index (κ3) is 5.80. The first kappa shape index (κ1) is 29.0. The van der Waals surface area contributed by atoms with Gasteiger partial charge in [0.15, 0.2) is 0 Å². The molecule has 0 fully saturated rings. The van der Waals surface area contributed by atoms with Crippen molar-refractivity contribution in [2.24, 2.45) is 0 Å². The van der Waals surface area contributed by atoms with Gasteiger partial charge in [0, 0.05) is 47.9 Å². The molecule has 1 N–H and O–H groups in total. The number of likely N-dealkylation sites (N-methyl/N-ethyl adjacent to an activating group) is 1. The number of unbranched alkanes of at least 4 members (excludes halogenated alkanes) is 2. The molecule has 1 unspecified atom stereocenters. The summed E-state index contributed by atoms with van der Waals surface area (Å²) in [6.45, 7) is 10.3. The zero-order chi connectivity index (χ0) is 29.2. The normalized spacial score (nSPS) is 22.9. The van der Waals surface area contributed by atoms with Gasteiger partial charge in [-0.25, -0.2) is 0 Å². The van der Waals surface area contributed by atoms with Crippen LogP contribution in [0.2, 0.25) is 0 Å². The van der Waals surface area contributed by atoms with Gasteiger partial charge in [-0.1, -0.05) is 94.8 Å². The molecular formula is C37H46N2O2. The number of carboxylic acids is 1. The number of hydrogen-bond donors (Lipinski definition) is 1. The van der Waals surface area contributed by atoms with E-state index in [9.17, 15) is 4.79 Å². The second-order valence-corrected chi connectivity index (χ2v) is 13.0. The van der Waals surface area contributed by atoms with Crippen LogP contribution in [0.3, 0.4) is 0 Å². The smallest absolute Gasteiger partial charge is 0.303 e. The molecule has 0 saturated heterocycles. The summed E-state index contributed by atoms with van der Waals surface area (Å²) in [5.41, 5.74) is 9.53. The molecule has 4 heteroatoms. The van der Waals surface area contributed by atoms with E-state index in [0.717, 1.165) is 38.6 Å². The molecule has 0 bridgehead atoms. The molecule has 0 aromatic heterocycles. The number of aliphatic carboxylic acids is 1. The summed E-state index contributed by atoms with van der Waals surface area (Å²) in [5, 5.41) is 9.00. The lowest BCUT2D eigenvalue weighted by Gasteiger charge is -2.32. The van der Waals surface area contributed by atoms with Crippen LogP contribution in [0.25, 0.3) is 0 Å². The van der Waals surface area contributed by atoms with Gasteiger partial charge in [0.2, 0.25) is 0 Å². The lowest BCUT2D eigenvalue weighted by molar-refractivity contribution is -0.137. The largest absolute Gasteiger partial charge is 0.481 e. The van der Waals surface area contributed by atoms with Crippen molar-refractivity contribution in [3.05, 3.63) is 107 Å². The first-order valence-corrected chi connectivity index (χ1v) is 15.3. The number of carboxylic acid groups (broad SMARTS) is 1. The van der Waals surface area contributed by atoms with Crippen molar-refractivity contribution in [2.45, 2.75) is 89.5 Å². The van der Waals surface area contributed by atoms with Gasteiger partial charge in [0.1, 0.15) is 0 Å². The summed E-state index contributed by atoms with van der Waals surface area (Å²) in [5.74, 6) is -0.701. The average molecular weight is 551 g/mol. The summed E-state index contributed by atoms with van der Waals surface area (Å²) in [7, 11) is 2.18. The monoisotopic (exact) mass is 550 g/mol. The fraction of sp³-hybridized carbons (Fsp3) is 0.432. The minimum Gasteiger partial charge on any atom is -0.481 e. The zero-order valence-corrected chi connectivity index (χ0v) is 25.5. The fourth-order valence-corrected chi connectivity index (χ4v) is 7.15. The molecule has 0 radical (unpaired) electrons. The Morgan fingerprint density at radius 3 is 2.37 bits per heavy atom. The molecule has 1 aliphatic carbocycles. The topological polar surface area (TPSA) is 43.8 Å². The van der Waals surface area contributed by atoms with Gasteiger partial charge in [-0.15, -0.1) is 0 Å². The van der Waals surface area contributed by atoms with Gasteiger partial charge < -0.3 is 14.9 Å². The van der Waals surface area contributed by atoms with E-state index in [4.69, 9.17) is 5.11 Å². The second kappa shape index (κ2) is 11.8. The van der Waals surface area contributed by atoms with E-state index in [1.54, 1.807) is 0 Å². The first-order valence-electron chi connectivity index (χ1n) is 15.3. The number of anilines is 2. The third-order valence-electron chi connectivity index (χ3n) is 9.46. The number of carbonyl (C=O) groups is 1. The Balaban J connectivity index is 1.34. The molecule has 5 rings (SSSR count). The SMILES string of the molecule is CN1C(=CC=C2C=C(C=CC3N(CCCCCC(=O)O)c4ccccc4C3(C)C)CCC2)C(C)(C)c2ccccc21. The maximum atomic E-state index is 10.9. The highest BCUT2D eigenvalue weighted by molar-refractivity contribution is 5.70. The van der Waals surface area contributed by atoms with Crippen LogP contribution in [0, 0.1) is 0 Å². The summed E-state index contributed by atoms with van der Waals surface area (Å²) in [6, 6.07) is 17.8. The molecule has 0 spiro atoms. The van der Waals surface area contributed by atoms with Gasteiger partial charge >= 0.3 is 5.97 Å². The maximum absolute atomic E-state index is 10.9. The van der Waals surface area contributed by atoms with E-state index < -0.39 is 5.97 Å². The van der Waals surface area contributed by atoms with Crippen molar-refractivity contribution in [2.75, 3.05) is 23.4 Å². The summed E-state index contributed by atoms with van der Waals surface area (Å²) < 4.78 is 0. The Kier molecular flexibility index (Phi) is 8.31. The van der Waals surface area contributed by atoms with Crippen LogP contribution in [-0.4, -0.2) is 30.7 Å². The number of para-hydroxylation sites is 2. The van der Waals surface area contributed by atoms with E-state index in [0.29, 0.717) is 0 Å².